The second kappa shape index (κ2) is 8.23. The molecule has 0 saturated heterocycles. The molecule has 0 fully saturated rings. The van der Waals surface area contributed by atoms with Crippen LogP contribution >= 0.6 is 0 Å². The number of nitrogens with zero attached hydrogens (tertiary/aromatic N) is 3. The summed E-state index contributed by atoms with van der Waals surface area (Å²) in [6, 6.07) is 20.1. The lowest BCUT2D eigenvalue weighted by Gasteiger charge is -2.08. The van der Waals surface area contributed by atoms with Crippen molar-refractivity contribution in [3.8, 4) is 28.6 Å². The number of aryl methyl sites for hydroxylation is 1. The summed E-state index contributed by atoms with van der Waals surface area (Å²) in [6.07, 6.45) is 0. The van der Waals surface area contributed by atoms with E-state index in [1.807, 2.05) is 43.3 Å². The average molecular weight is 440 g/mol. The molecule has 0 spiro atoms. The van der Waals surface area contributed by atoms with Crippen LogP contribution in [0.5, 0.6) is 5.75 Å². The van der Waals surface area contributed by atoms with Gasteiger partial charge in [0, 0.05) is 11.1 Å². The minimum atomic E-state index is -0.501. The third kappa shape index (κ3) is 3.94. The van der Waals surface area contributed by atoms with Crippen LogP contribution in [0.1, 0.15) is 11.1 Å². The fraction of sp³-hybridized carbons (Fsp3) is 0.120. The van der Waals surface area contributed by atoms with Crippen molar-refractivity contribution in [3.05, 3.63) is 98.7 Å². The number of ether oxygens (including phenoxy) is 1. The van der Waals surface area contributed by atoms with Gasteiger partial charge in [0.05, 0.1) is 24.6 Å². The molecule has 0 amide bonds. The Hall–Kier alpha value is -4.46. The van der Waals surface area contributed by atoms with Gasteiger partial charge in [0.2, 0.25) is 5.82 Å². The van der Waals surface area contributed by atoms with Gasteiger partial charge in [-0.15, -0.1) is 0 Å². The van der Waals surface area contributed by atoms with E-state index in [0.717, 1.165) is 16.7 Å². The second-order valence-corrected chi connectivity index (χ2v) is 7.73. The number of methoxy groups -OCH3 is 1. The fourth-order valence-electron chi connectivity index (χ4n) is 3.73. The van der Waals surface area contributed by atoms with E-state index >= 15 is 0 Å². The molecule has 0 saturated carbocycles. The van der Waals surface area contributed by atoms with Crippen LogP contribution in [0.2, 0.25) is 0 Å². The molecular formula is C25H20N4O4. The maximum Gasteiger partial charge on any atom is 0.329 e. The van der Waals surface area contributed by atoms with Crippen LogP contribution in [0.25, 0.3) is 33.7 Å². The van der Waals surface area contributed by atoms with Crippen LogP contribution in [0.4, 0.5) is 0 Å². The van der Waals surface area contributed by atoms with E-state index in [2.05, 4.69) is 15.1 Å². The van der Waals surface area contributed by atoms with Gasteiger partial charge in [0.15, 0.2) is 0 Å². The van der Waals surface area contributed by atoms with E-state index in [-0.39, 0.29) is 12.1 Å². The summed E-state index contributed by atoms with van der Waals surface area (Å²) >= 11 is 0. The third-order valence-corrected chi connectivity index (χ3v) is 5.41. The predicted octanol–water partition coefficient (Wildman–Crippen LogP) is 3.77. The van der Waals surface area contributed by atoms with Crippen molar-refractivity contribution < 1.29 is 9.26 Å². The van der Waals surface area contributed by atoms with E-state index in [1.54, 1.807) is 37.4 Å². The van der Waals surface area contributed by atoms with Crippen LogP contribution in [0.15, 0.2) is 80.8 Å². The number of aromatic amines is 1. The van der Waals surface area contributed by atoms with Crippen molar-refractivity contribution >= 4 is 10.9 Å². The Morgan fingerprint density at radius 1 is 1.00 bits per heavy atom. The number of rotatable bonds is 5. The van der Waals surface area contributed by atoms with Crippen LogP contribution in [-0.2, 0) is 6.54 Å². The molecule has 33 heavy (non-hydrogen) atoms. The summed E-state index contributed by atoms with van der Waals surface area (Å²) in [5, 5.41) is 4.45. The van der Waals surface area contributed by atoms with Crippen molar-refractivity contribution in [2.24, 2.45) is 0 Å². The summed E-state index contributed by atoms with van der Waals surface area (Å²) in [6.45, 7) is 2.12. The van der Waals surface area contributed by atoms with Crippen LogP contribution in [0.3, 0.4) is 0 Å². The van der Waals surface area contributed by atoms with Crippen molar-refractivity contribution in [1.29, 1.82) is 0 Å². The van der Waals surface area contributed by atoms with Gasteiger partial charge in [-0.25, -0.2) is 4.79 Å². The Labute approximate surface area is 188 Å². The van der Waals surface area contributed by atoms with Gasteiger partial charge in [0.25, 0.3) is 11.4 Å². The minimum absolute atomic E-state index is 0.132. The molecule has 164 valence electrons. The molecule has 3 aromatic carbocycles. The van der Waals surface area contributed by atoms with Gasteiger partial charge in [-0.05, 0) is 48.9 Å². The van der Waals surface area contributed by atoms with Crippen molar-refractivity contribution in [2.75, 3.05) is 7.11 Å². The molecule has 8 nitrogen and oxygen atoms in total. The molecule has 8 heteroatoms. The van der Waals surface area contributed by atoms with Gasteiger partial charge in [-0.2, -0.15) is 4.98 Å². The molecular weight excluding hydrogens is 420 g/mol. The first-order valence-electron chi connectivity index (χ1n) is 10.3. The lowest BCUT2D eigenvalue weighted by atomic mass is 10.1. The van der Waals surface area contributed by atoms with E-state index in [4.69, 9.17) is 9.26 Å². The highest BCUT2D eigenvalue weighted by Gasteiger charge is 2.14. The quantitative estimate of drug-likeness (QED) is 0.446. The molecule has 0 aliphatic carbocycles. The smallest absolute Gasteiger partial charge is 0.329 e. The molecule has 0 aliphatic heterocycles. The molecule has 0 aliphatic rings. The maximum absolute atomic E-state index is 13.0. The SMILES string of the molecule is COc1cccc(Cn2c(=O)[nH]c3cc(-c4nc(-c5cccc(C)c5)no4)ccc3c2=O)c1. The number of H-pyrrole nitrogens is 1. The summed E-state index contributed by atoms with van der Waals surface area (Å²) in [4.78, 5) is 33.0. The molecule has 5 rings (SSSR count). The standard InChI is InChI=1S/C25H20N4O4/c1-15-5-3-7-17(11-15)22-27-23(33-28-22)18-9-10-20-21(13-18)26-25(31)29(24(20)30)14-16-6-4-8-19(12-16)32-2/h3-13H,14H2,1-2H3,(H,26,31). The highest BCUT2D eigenvalue weighted by atomic mass is 16.5. The molecule has 2 heterocycles. The number of hydrogen-bond donors (Lipinski definition) is 1. The minimum Gasteiger partial charge on any atom is -0.497 e. The van der Waals surface area contributed by atoms with Gasteiger partial charge in [-0.3, -0.25) is 9.36 Å². The monoisotopic (exact) mass is 440 g/mol. The van der Waals surface area contributed by atoms with Crippen molar-refractivity contribution in [3.63, 3.8) is 0 Å². The number of nitrogens with one attached hydrogen (secondary N) is 1. The molecule has 0 radical (unpaired) electrons. The van der Waals surface area contributed by atoms with Gasteiger partial charge in [-0.1, -0.05) is 41.1 Å². The Morgan fingerprint density at radius 2 is 1.85 bits per heavy atom. The molecule has 2 aromatic heterocycles. The summed E-state index contributed by atoms with van der Waals surface area (Å²) < 4.78 is 11.8. The van der Waals surface area contributed by atoms with Crippen molar-refractivity contribution in [1.82, 2.24) is 19.7 Å². The van der Waals surface area contributed by atoms with E-state index in [1.165, 1.54) is 4.57 Å². The molecule has 0 bridgehead atoms. The summed E-state index contributed by atoms with van der Waals surface area (Å²) in [5.41, 5.74) is 2.85. The number of aromatic nitrogens is 4. The Morgan fingerprint density at radius 3 is 2.67 bits per heavy atom. The lowest BCUT2D eigenvalue weighted by Crippen LogP contribution is -2.35. The van der Waals surface area contributed by atoms with Crippen LogP contribution < -0.4 is 16.0 Å². The zero-order valence-electron chi connectivity index (χ0n) is 18.0. The summed E-state index contributed by atoms with van der Waals surface area (Å²) in [5.74, 6) is 1.43. The predicted molar refractivity (Wildman–Crippen MR) is 124 cm³/mol. The molecule has 0 unspecified atom stereocenters. The van der Waals surface area contributed by atoms with E-state index in [0.29, 0.717) is 33.9 Å². The highest BCUT2D eigenvalue weighted by Crippen LogP contribution is 2.24. The zero-order chi connectivity index (χ0) is 22.9. The molecule has 5 aromatic rings. The number of hydrogen-bond acceptors (Lipinski definition) is 6. The number of benzene rings is 3. The van der Waals surface area contributed by atoms with Crippen LogP contribution in [-0.4, -0.2) is 26.8 Å². The topological polar surface area (TPSA) is 103 Å². The normalized spacial score (nSPS) is 11.1. The maximum atomic E-state index is 13.0. The Balaban J connectivity index is 1.51. The Kier molecular flexibility index (Phi) is 5.10. The van der Waals surface area contributed by atoms with Gasteiger partial charge >= 0.3 is 5.69 Å². The lowest BCUT2D eigenvalue weighted by molar-refractivity contribution is 0.414. The average Bonchev–Trinajstić information content (AvgIpc) is 3.32. The first-order chi connectivity index (χ1) is 16.0. The van der Waals surface area contributed by atoms with E-state index in [9.17, 15) is 9.59 Å². The first-order valence-corrected chi connectivity index (χ1v) is 10.3. The van der Waals surface area contributed by atoms with Gasteiger partial charge < -0.3 is 14.2 Å². The van der Waals surface area contributed by atoms with Crippen LogP contribution in [0, 0.1) is 6.92 Å². The van der Waals surface area contributed by atoms with Crippen molar-refractivity contribution in [2.45, 2.75) is 13.5 Å². The molecule has 1 N–H and O–H groups in total. The number of fused-ring (bicyclic) bond motifs is 1. The largest absolute Gasteiger partial charge is 0.497 e. The summed E-state index contributed by atoms with van der Waals surface area (Å²) in [7, 11) is 1.57. The highest BCUT2D eigenvalue weighted by molar-refractivity contribution is 5.82. The second-order valence-electron chi connectivity index (χ2n) is 7.73. The molecule has 0 atom stereocenters. The fourth-order valence-corrected chi connectivity index (χ4v) is 3.73. The van der Waals surface area contributed by atoms with E-state index < -0.39 is 5.69 Å². The third-order valence-electron chi connectivity index (χ3n) is 5.41. The zero-order valence-corrected chi connectivity index (χ0v) is 18.0. The Bertz CT molecular complexity index is 1600. The first kappa shape index (κ1) is 20.4. The van der Waals surface area contributed by atoms with Gasteiger partial charge in [0.1, 0.15) is 5.75 Å².